The number of aromatic carboxylic acids is 1. The van der Waals surface area contributed by atoms with Crippen LogP contribution in [-0.2, 0) is 0 Å². The fourth-order valence-electron chi connectivity index (χ4n) is 1.64. The number of carbonyl (C=O) groups excluding carboxylic acids is 1. The third-order valence-corrected chi connectivity index (χ3v) is 2.73. The molecule has 6 heteroatoms. The molecule has 1 heterocycles. The van der Waals surface area contributed by atoms with E-state index in [2.05, 4.69) is 10.3 Å². The lowest BCUT2D eigenvalue weighted by molar-refractivity contribution is 0.0696. The molecule has 0 bridgehead atoms. The molecule has 0 unspecified atom stereocenters. The van der Waals surface area contributed by atoms with Gasteiger partial charge < -0.3 is 15.5 Å². The van der Waals surface area contributed by atoms with Crippen molar-refractivity contribution in [2.45, 2.75) is 6.92 Å². The Bertz CT molecular complexity index is 683. The van der Waals surface area contributed by atoms with Crippen LogP contribution in [0.25, 0.3) is 0 Å². The zero-order chi connectivity index (χ0) is 14.7. The van der Waals surface area contributed by atoms with Gasteiger partial charge in [0.25, 0.3) is 5.91 Å². The maximum Gasteiger partial charge on any atom is 0.335 e. The second-order valence-electron chi connectivity index (χ2n) is 4.16. The van der Waals surface area contributed by atoms with E-state index in [0.717, 1.165) is 0 Å². The lowest BCUT2D eigenvalue weighted by Crippen LogP contribution is -2.15. The molecule has 6 nitrogen and oxygen atoms in total. The number of carboxylic acid groups (broad SMARTS) is 1. The minimum Gasteiger partial charge on any atom is -0.505 e. The monoisotopic (exact) mass is 272 g/mol. The molecule has 0 atom stereocenters. The minimum atomic E-state index is -1.08. The lowest BCUT2D eigenvalue weighted by Gasteiger charge is -2.09. The highest BCUT2D eigenvalue weighted by Gasteiger charge is 2.14. The van der Waals surface area contributed by atoms with Crippen molar-refractivity contribution in [3.05, 3.63) is 53.3 Å². The van der Waals surface area contributed by atoms with Crippen molar-refractivity contribution in [3.8, 4) is 5.75 Å². The van der Waals surface area contributed by atoms with E-state index < -0.39 is 11.9 Å². The number of aromatic nitrogens is 1. The summed E-state index contributed by atoms with van der Waals surface area (Å²) < 4.78 is 0. The molecule has 0 saturated heterocycles. The van der Waals surface area contributed by atoms with E-state index >= 15 is 0 Å². The fraction of sp³-hybridized carbons (Fsp3) is 0.0714. The largest absolute Gasteiger partial charge is 0.505 e. The number of rotatable bonds is 3. The number of nitrogens with one attached hydrogen (secondary N) is 1. The Kier molecular flexibility index (Phi) is 3.65. The van der Waals surface area contributed by atoms with Gasteiger partial charge in [0, 0.05) is 11.9 Å². The van der Waals surface area contributed by atoms with Gasteiger partial charge in [0.1, 0.15) is 5.75 Å². The molecule has 3 N–H and O–H groups in total. The predicted molar refractivity (Wildman–Crippen MR) is 72.0 cm³/mol. The summed E-state index contributed by atoms with van der Waals surface area (Å²) in [7, 11) is 0. The summed E-state index contributed by atoms with van der Waals surface area (Å²) in [6, 6.07) is 7.25. The molecule has 20 heavy (non-hydrogen) atoms. The quantitative estimate of drug-likeness (QED) is 0.794. The van der Waals surface area contributed by atoms with Gasteiger partial charge in [0.15, 0.2) is 5.69 Å². The number of amides is 1. The Morgan fingerprint density at radius 2 is 2.00 bits per heavy atom. The Morgan fingerprint density at radius 1 is 1.25 bits per heavy atom. The lowest BCUT2D eigenvalue weighted by atomic mass is 10.1. The van der Waals surface area contributed by atoms with Crippen molar-refractivity contribution in [2.75, 3.05) is 5.32 Å². The molecule has 2 rings (SSSR count). The Labute approximate surface area is 114 Å². The molecule has 0 aliphatic carbocycles. The molecule has 1 aromatic heterocycles. The Morgan fingerprint density at radius 3 is 2.65 bits per heavy atom. The summed E-state index contributed by atoms with van der Waals surface area (Å²) in [5.74, 6) is -1.92. The molecule has 0 aliphatic heterocycles. The Balaban J connectivity index is 2.30. The maximum atomic E-state index is 12.0. The second kappa shape index (κ2) is 5.40. The number of carboxylic acids is 1. The molecular weight excluding hydrogens is 260 g/mol. The standard InChI is InChI=1S/C14H12N2O4/c1-8-4-5-9(14(19)20)7-10(8)16-13(18)12-11(17)3-2-6-15-12/h2-7,17H,1H3,(H,16,18)(H,19,20). The van der Waals surface area contributed by atoms with E-state index in [1.165, 1.54) is 30.5 Å². The van der Waals surface area contributed by atoms with Crippen molar-refractivity contribution in [3.63, 3.8) is 0 Å². The first-order chi connectivity index (χ1) is 9.49. The zero-order valence-corrected chi connectivity index (χ0v) is 10.6. The second-order valence-corrected chi connectivity index (χ2v) is 4.16. The van der Waals surface area contributed by atoms with Crippen LogP contribution in [-0.4, -0.2) is 27.1 Å². The first kappa shape index (κ1) is 13.5. The van der Waals surface area contributed by atoms with Crippen molar-refractivity contribution in [1.82, 2.24) is 4.98 Å². The summed E-state index contributed by atoms with van der Waals surface area (Å²) in [5, 5.41) is 21.0. The minimum absolute atomic E-state index is 0.0659. The van der Waals surface area contributed by atoms with Crippen LogP contribution < -0.4 is 5.32 Å². The van der Waals surface area contributed by atoms with E-state index in [0.29, 0.717) is 11.3 Å². The first-order valence-electron chi connectivity index (χ1n) is 5.78. The smallest absolute Gasteiger partial charge is 0.335 e. The number of hydrogen-bond donors (Lipinski definition) is 3. The number of aromatic hydroxyl groups is 1. The van der Waals surface area contributed by atoms with E-state index in [1.807, 2.05) is 0 Å². The van der Waals surface area contributed by atoms with Crippen molar-refractivity contribution in [2.24, 2.45) is 0 Å². The molecule has 0 fully saturated rings. The van der Waals surface area contributed by atoms with Crippen LogP contribution in [0.3, 0.4) is 0 Å². The van der Waals surface area contributed by atoms with E-state index in [1.54, 1.807) is 13.0 Å². The number of pyridine rings is 1. The van der Waals surface area contributed by atoms with E-state index in [-0.39, 0.29) is 17.0 Å². The maximum absolute atomic E-state index is 12.0. The van der Waals surface area contributed by atoms with Gasteiger partial charge in [-0.2, -0.15) is 0 Å². The van der Waals surface area contributed by atoms with Gasteiger partial charge in [-0.05, 0) is 36.8 Å². The third kappa shape index (κ3) is 2.74. The molecule has 0 aliphatic rings. The zero-order valence-electron chi connectivity index (χ0n) is 10.6. The van der Waals surface area contributed by atoms with Gasteiger partial charge in [-0.15, -0.1) is 0 Å². The number of hydrogen-bond acceptors (Lipinski definition) is 4. The van der Waals surface area contributed by atoms with Crippen LogP contribution >= 0.6 is 0 Å². The number of benzene rings is 1. The van der Waals surface area contributed by atoms with Gasteiger partial charge >= 0.3 is 5.97 Å². The highest BCUT2D eigenvalue weighted by atomic mass is 16.4. The predicted octanol–water partition coefficient (Wildman–Crippen LogP) is 2.05. The van der Waals surface area contributed by atoms with E-state index in [4.69, 9.17) is 5.11 Å². The summed E-state index contributed by atoms with van der Waals surface area (Å²) in [5.41, 5.74) is 1.02. The topological polar surface area (TPSA) is 99.5 Å². The van der Waals surface area contributed by atoms with Gasteiger partial charge in [-0.25, -0.2) is 9.78 Å². The third-order valence-electron chi connectivity index (χ3n) is 2.73. The molecule has 0 radical (unpaired) electrons. The van der Waals surface area contributed by atoms with Gasteiger partial charge in [0.2, 0.25) is 0 Å². The summed E-state index contributed by atoms with van der Waals surface area (Å²) in [4.78, 5) is 26.7. The summed E-state index contributed by atoms with van der Waals surface area (Å²) in [6.07, 6.45) is 1.38. The summed E-state index contributed by atoms with van der Waals surface area (Å²) in [6.45, 7) is 1.74. The van der Waals surface area contributed by atoms with Gasteiger partial charge in [0.05, 0.1) is 5.56 Å². The summed E-state index contributed by atoms with van der Waals surface area (Å²) >= 11 is 0. The van der Waals surface area contributed by atoms with Crippen molar-refractivity contribution in [1.29, 1.82) is 0 Å². The van der Waals surface area contributed by atoms with Gasteiger partial charge in [-0.3, -0.25) is 4.79 Å². The normalized spacial score (nSPS) is 10.1. The Hall–Kier alpha value is -2.89. The van der Waals surface area contributed by atoms with Crippen LogP contribution in [0.4, 0.5) is 5.69 Å². The molecule has 0 spiro atoms. The SMILES string of the molecule is Cc1ccc(C(=O)O)cc1NC(=O)c1ncccc1O. The van der Waals surface area contributed by atoms with Crippen LogP contribution in [0.2, 0.25) is 0 Å². The van der Waals surface area contributed by atoms with Gasteiger partial charge in [-0.1, -0.05) is 6.07 Å². The molecular formula is C14H12N2O4. The first-order valence-corrected chi connectivity index (χ1v) is 5.78. The number of carbonyl (C=O) groups is 2. The van der Waals surface area contributed by atoms with Crippen LogP contribution in [0.15, 0.2) is 36.5 Å². The number of nitrogens with zero attached hydrogens (tertiary/aromatic N) is 1. The number of aryl methyl sites for hydroxylation is 1. The molecule has 2 aromatic rings. The average molecular weight is 272 g/mol. The molecule has 0 saturated carbocycles. The van der Waals surface area contributed by atoms with Crippen LogP contribution in [0.5, 0.6) is 5.75 Å². The van der Waals surface area contributed by atoms with Crippen LogP contribution in [0.1, 0.15) is 26.4 Å². The highest BCUT2D eigenvalue weighted by molar-refractivity contribution is 6.05. The van der Waals surface area contributed by atoms with Crippen molar-refractivity contribution >= 4 is 17.6 Å². The van der Waals surface area contributed by atoms with Crippen LogP contribution in [0, 0.1) is 6.92 Å². The molecule has 1 amide bonds. The van der Waals surface area contributed by atoms with E-state index in [9.17, 15) is 14.7 Å². The molecule has 1 aromatic carbocycles. The number of anilines is 1. The highest BCUT2D eigenvalue weighted by Crippen LogP contribution is 2.20. The average Bonchev–Trinajstić information content (AvgIpc) is 2.41. The van der Waals surface area contributed by atoms with Crippen molar-refractivity contribution < 1.29 is 19.8 Å². The fourth-order valence-corrected chi connectivity index (χ4v) is 1.64. The molecule has 102 valence electrons.